The van der Waals surface area contributed by atoms with Crippen LogP contribution in [0.2, 0.25) is 0 Å². The fourth-order valence-corrected chi connectivity index (χ4v) is 1.08. The van der Waals surface area contributed by atoms with Crippen LogP contribution in [0.3, 0.4) is 0 Å². The van der Waals surface area contributed by atoms with Crippen molar-refractivity contribution in [3.63, 3.8) is 0 Å². The van der Waals surface area contributed by atoms with E-state index in [0.717, 1.165) is 12.0 Å². The van der Waals surface area contributed by atoms with Crippen molar-refractivity contribution in [2.75, 3.05) is 0 Å². The molecule has 0 aliphatic heterocycles. The normalized spacial score (nSPS) is 10.8. The van der Waals surface area contributed by atoms with Gasteiger partial charge in [-0.3, -0.25) is 0 Å². The molecule has 1 heteroatoms. The van der Waals surface area contributed by atoms with Crippen LogP contribution in [-0.4, -0.2) is 0 Å². The van der Waals surface area contributed by atoms with Gasteiger partial charge in [-0.05, 0) is 18.9 Å². The Bertz CT molecular complexity index is 304. The Morgan fingerprint density at radius 3 is 2.67 bits per heavy atom. The van der Waals surface area contributed by atoms with Crippen molar-refractivity contribution in [2.24, 2.45) is 0 Å². The lowest BCUT2D eigenvalue weighted by molar-refractivity contribution is 1.14. The minimum atomic E-state index is 0.869. The average molecular weight is 157 g/mol. The molecular weight excluding hydrogens is 146 g/mol. The Labute approximate surface area is 73.0 Å². The molecule has 0 bridgehead atoms. The molecule has 1 nitrogen and oxygen atoms in total. The molecule has 1 rings (SSSR count). The minimum absolute atomic E-state index is 0.869. The third-order valence-electron chi connectivity index (χ3n) is 1.64. The summed E-state index contributed by atoms with van der Waals surface area (Å²) in [6, 6.07) is 12.2. The van der Waals surface area contributed by atoms with Crippen molar-refractivity contribution in [2.45, 2.75) is 13.3 Å². The van der Waals surface area contributed by atoms with Gasteiger partial charge in [0.05, 0.1) is 6.07 Å². The van der Waals surface area contributed by atoms with E-state index in [1.54, 1.807) is 6.08 Å². The Morgan fingerprint density at radius 1 is 1.42 bits per heavy atom. The van der Waals surface area contributed by atoms with Crippen LogP contribution >= 0.6 is 0 Å². The lowest BCUT2D eigenvalue weighted by Gasteiger charge is -1.98. The van der Waals surface area contributed by atoms with Crippen LogP contribution in [0, 0.1) is 11.3 Å². The maximum Gasteiger partial charge on any atom is 0.0911 e. The molecule has 1 aromatic carbocycles. The van der Waals surface area contributed by atoms with Gasteiger partial charge in [-0.25, -0.2) is 0 Å². The van der Waals surface area contributed by atoms with E-state index in [0.29, 0.717) is 0 Å². The second-order valence-electron chi connectivity index (χ2n) is 2.78. The molecule has 0 unspecified atom stereocenters. The number of allylic oxidation sites excluding steroid dienone is 2. The number of nitrogens with zero attached hydrogens (tertiary/aromatic N) is 1. The smallest absolute Gasteiger partial charge is 0.0911 e. The van der Waals surface area contributed by atoms with E-state index in [1.165, 1.54) is 5.56 Å². The Morgan fingerprint density at radius 2 is 2.08 bits per heavy atom. The van der Waals surface area contributed by atoms with Gasteiger partial charge in [0.1, 0.15) is 0 Å². The summed E-state index contributed by atoms with van der Waals surface area (Å²) in [5, 5.41) is 8.39. The monoisotopic (exact) mass is 157 g/mol. The van der Waals surface area contributed by atoms with Crippen molar-refractivity contribution in [1.82, 2.24) is 0 Å². The molecule has 12 heavy (non-hydrogen) atoms. The van der Waals surface area contributed by atoms with Gasteiger partial charge in [0.15, 0.2) is 0 Å². The van der Waals surface area contributed by atoms with Gasteiger partial charge < -0.3 is 0 Å². The number of benzene rings is 1. The van der Waals surface area contributed by atoms with Crippen LogP contribution < -0.4 is 0 Å². The first-order valence-corrected chi connectivity index (χ1v) is 3.92. The summed E-state index contributed by atoms with van der Waals surface area (Å²) in [6.07, 6.45) is 2.46. The van der Waals surface area contributed by atoms with E-state index in [-0.39, 0.29) is 0 Å². The van der Waals surface area contributed by atoms with E-state index < -0.39 is 0 Å². The fraction of sp³-hybridized carbons (Fsp3) is 0.182. The molecule has 0 aromatic heterocycles. The van der Waals surface area contributed by atoms with Crippen LogP contribution in [0.1, 0.15) is 12.5 Å². The molecule has 0 aliphatic rings. The van der Waals surface area contributed by atoms with Gasteiger partial charge in [-0.15, -0.1) is 0 Å². The van der Waals surface area contributed by atoms with E-state index in [4.69, 9.17) is 5.26 Å². The third-order valence-corrected chi connectivity index (χ3v) is 1.64. The van der Waals surface area contributed by atoms with Crippen molar-refractivity contribution < 1.29 is 0 Å². The molecule has 0 spiro atoms. The lowest BCUT2D eigenvalue weighted by Crippen LogP contribution is -1.84. The highest BCUT2D eigenvalue weighted by atomic mass is 14.2. The third kappa shape index (κ3) is 2.59. The minimum Gasteiger partial charge on any atom is -0.193 e. The summed E-state index contributed by atoms with van der Waals surface area (Å²) in [6.45, 7) is 1.97. The molecule has 0 radical (unpaired) electrons. The largest absolute Gasteiger partial charge is 0.193 e. The van der Waals surface area contributed by atoms with Gasteiger partial charge >= 0.3 is 0 Å². The summed E-state index contributed by atoms with van der Waals surface area (Å²) < 4.78 is 0. The Hall–Kier alpha value is -1.55. The molecule has 0 saturated heterocycles. The molecule has 0 heterocycles. The first kappa shape index (κ1) is 8.55. The van der Waals surface area contributed by atoms with Crippen LogP contribution in [-0.2, 0) is 6.42 Å². The SMILES string of the molecule is C/C(=C\C#N)Cc1ccccc1. The zero-order chi connectivity index (χ0) is 8.81. The van der Waals surface area contributed by atoms with Crippen LogP contribution in [0.4, 0.5) is 0 Å². The van der Waals surface area contributed by atoms with E-state index in [9.17, 15) is 0 Å². The number of nitriles is 1. The predicted octanol–water partition coefficient (Wildman–Crippen LogP) is 2.70. The van der Waals surface area contributed by atoms with Crippen LogP contribution in [0.5, 0.6) is 0 Å². The Balaban J connectivity index is 2.66. The quantitative estimate of drug-likeness (QED) is 0.605. The molecule has 0 N–H and O–H groups in total. The Kier molecular flexibility index (Phi) is 3.10. The molecule has 60 valence electrons. The van der Waals surface area contributed by atoms with Gasteiger partial charge in [0, 0.05) is 6.08 Å². The zero-order valence-electron chi connectivity index (χ0n) is 7.12. The highest BCUT2D eigenvalue weighted by Gasteiger charge is 1.91. The summed E-state index contributed by atoms with van der Waals surface area (Å²) >= 11 is 0. The maximum absolute atomic E-state index is 8.39. The van der Waals surface area contributed by atoms with Crippen molar-refractivity contribution >= 4 is 0 Å². The molecule has 0 aliphatic carbocycles. The van der Waals surface area contributed by atoms with E-state index >= 15 is 0 Å². The molecule has 0 fully saturated rings. The number of hydrogen-bond acceptors (Lipinski definition) is 1. The molecule has 0 saturated carbocycles. The summed E-state index contributed by atoms with van der Waals surface area (Å²) in [4.78, 5) is 0. The average Bonchev–Trinajstić information content (AvgIpc) is 2.06. The van der Waals surface area contributed by atoms with E-state index in [2.05, 4.69) is 12.1 Å². The second kappa shape index (κ2) is 4.35. The highest BCUT2D eigenvalue weighted by Crippen LogP contribution is 2.05. The predicted molar refractivity (Wildman–Crippen MR) is 49.5 cm³/mol. The maximum atomic E-state index is 8.39. The van der Waals surface area contributed by atoms with Crippen LogP contribution in [0.25, 0.3) is 0 Å². The number of rotatable bonds is 2. The van der Waals surface area contributed by atoms with Gasteiger partial charge in [0.25, 0.3) is 0 Å². The van der Waals surface area contributed by atoms with Crippen molar-refractivity contribution in [3.8, 4) is 6.07 Å². The lowest BCUT2D eigenvalue weighted by atomic mass is 10.1. The fourth-order valence-electron chi connectivity index (χ4n) is 1.08. The molecular formula is C11H11N. The van der Waals surface area contributed by atoms with E-state index in [1.807, 2.05) is 31.2 Å². The topological polar surface area (TPSA) is 23.8 Å². The molecule has 0 amide bonds. The van der Waals surface area contributed by atoms with Crippen LogP contribution in [0.15, 0.2) is 42.0 Å². The first-order valence-electron chi connectivity index (χ1n) is 3.92. The second-order valence-corrected chi connectivity index (χ2v) is 2.78. The summed E-state index contributed by atoms with van der Waals surface area (Å²) in [7, 11) is 0. The summed E-state index contributed by atoms with van der Waals surface area (Å²) in [5.74, 6) is 0. The van der Waals surface area contributed by atoms with Gasteiger partial charge in [-0.2, -0.15) is 5.26 Å². The first-order chi connectivity index (χ1) is 5.83. The standard InChI is InChI=1S/C11H11N/c1-10(7-8-12)9-11-5-3-2-4-6-11/h2-7H,9H2,1H3/b10-7+. The molecule has 0 atom stereocenters. The summed E-state index contributed by atoms with van der Waals surface area (Å²) in [5.41, 5.74) is 2.35. The van der Waals surface area contributed by atoms with Crippen molar-refractivity contribution in [3.05, 3.63) is 47.5 Å². The molecule has 1 aromatic rings. The van der Waals surface area contributed by atoms with Gasteiger partial charge in [-0.1, -0.05) is 35.9 Å². The van der Waals surface area contributed by atoms with Gasteiger partial charge in [0.2, 0.25) is 0 Å². The van der Waals surface area contributed by atoms with Crippen molar-refractivity contribution in [1.29, 1.82) is 5.26 Å². The zero-order valence-corrected chi connectivity index (χ0v) is 7.12. The highest BCUT2D eigenvalue weighted by molar-refractivity contribution is 5.23. The number of hydrogen-bond donors (Lipinski definition) is 0.